The van der Waals surface area contributed by atoms with Crippen molar-refractivity contribution in [1.82, 2.24) is 9.88 Å². The Morgan fingerprint density at radius 2 is 2.00 bits per heavy atom. The highest BCUT2D eigenvalue weighted by atomic mass is 16.1. The van der Waals surface area contributed by atoms with Crippen molar-refractivity contribution >= 4 is 16.8 Å². The van der Waals surface area contributed by atoms with E-state index in [9.17, 15) is 4.79 Å². The van der Waals surface area contributed by atoms with E-state index in [2.05, 4.69) is 43.6 Å². The van der Waals surface area contributed by atoms with Gasteiger partial charge in [0.1, 0.15) is 0 Å². The quantitative estimate of drug-likeness (QED) is 0.825. The monoisotopic (exact) mass is 272 g/mol. The molecule has 0 saturated carbocycles. The minimum Gasteiger partial charge on any atom is -0.352 e. The molecule has 0 atom stereocenters. The van der Waals surface area contributed by atoms with E-state index in [1.165, 1.54) is 22.2 Å². The van der Waals surface area contributed by atoms with Crippen LogP contribution in [0.15, 0.2) is 18.2 Å². The van der Waals surface area contributed by atoms with Crippen molar-refractivity contribution in [3.8, 4) is 0 Å². The minimum absolute atomic E-state index is 0.0293. The number of nitrogens with zero attached hydrogens (tertiary/aromatic N) is 1. The predicted octanol–water partition coefficient (Wildman–Crippen LogP) is 3.81. The van der Waals surface area contributed by atoms with Gasteiger partial charge in [-0.1, -0.05) is 13.3 Å². The Morgan fingerprint density at radius 3 is 2.65 bits per heavy atom. The Bertz CT molecular complexity index is 625. The molecular weight excluding hydrogens is 248 g/mol. The summed E-state index contributed by atoms with van der Waals surface area (Å²) in [5.74, 6) is 0.0293. The maximum Gasteiger partial charge on any atom is 0.251 e. The molecule has 0 unspecified atom stereocenters. The maximum absolute atomic E-state index is 12.1. The number of fused-ring (bicyclic) bond motifs is 1. The molecule has 0 spiro atoms. The zero-order chi connectivity index (χ0) is 14.7. The average molecular weight is 272 g/mol. The van der Waals surface area contributed by atoms with E-state index in [0.29, 0.717) is 0 Å². The maximum atomic E-state index is 12.1. The molecule has 108 valence electrons. The van der Waals surface area contributed by atoms with Crippen LogP contribution in [-0.4, -0.2) is 17.0 Å². The summed E-state index contributed by atoms with van der Waals surface area (Å²) in [6.45, 7) is 10.2. The number of carbonyl (C=O) groups is 1. The summed E-state index contributed by atoms with van der Waals surface area (Å²) in [5.41, 5.74) is 4.52. The van der Waals surface area contributed by atoms with E-state index in [4.69, 9.17) is 0 Å². The van der Waals surface area contributed by atoms with Gasteiger partial charge in [-0.25, -0.2) is 0 Å². The van der Waals surface area contributed by atoms with Crippen molar-refractivity contribution < 1.29 is 4.79 Å². The molecule has 0 aliphatic carbocycles. The van der Waals surface area contributed by atoms with Crippen molar-refractivity contribution in [2.45, 2.75) is 47.1 Å². The van der Waals surface area contributed by atoms with E-state index in [1.54, 1.807) is 0 Å². The highest BCUT2D eigenvalue weighted by Gasteiger charge is 2.12. The molecule has 20 heavy (non-hydrogen) atoms. The van der Waals surface area contributed by atoms with Crippen LogP contribution in [0.5, 0.6) is 0 Å². The summed E-state index contributed by atoms with van der Waals surface area (Å²) >= 11 is 0. The van der Waals surface area contributed by atoms with Gasteiger partial charge in [-0.2, -0.15) is 0 Å². The minimum atomic E-state index is 0.0293. The predicted molar refractivity (Wildman–Crippen MR) is 84.3 cm³/mol. The molecular formula is C17H24N2O. The molecule has 1 amide bonds. The molecule has 1 aromatic heterocycles. The Labute approximate surface area is 121 Å². The molecule has 2 aromatic rings. The van der Waals surface area contributed by atoms with Gasteiger partial charge in [0.25, 0.3) is 5.91 Å². The lowest BCUT2D eigenvalue weighted by molar-refractivity contribution is 0.0953. The molecule has 2 rings (SSSR count). The van der Waals surface area contributed by atoms with Crippen molar-refractivity contribution in [3.05, 3.63) is 35.0 Å². The van der Waals surface area contributed by atoms with Gasteiger partial charge in [0.15, 0.2) is 0 Å². The largest absolute Gasteiger partial charge is 0.352 e. The van der Waals surface area contributed by atoms with Gasteiger partial charge in [-0.05, 0) is 51.0 Å². The zero-order valence-electron chi connectivity index (χ0n) is 12.9. The number of unbranched alkanes of at least 4 members (excludes halogenated alkanes) is 1. The highest BCUT2D eigenvalue weighted by molar-refractivity contribution is 5.99. The van der Waals surface area contributed by atoms with Crippen molar-refractivity contribution in [2.24, 2.45) is 0 Å². The number of amides is 1. The van der Waals surface area contributed by atoms with Crippen LogP contribution < -0.4 is 5.32 Å². The van der Waals surface area contributed by atoms with Crippen LogP contribution in [-0.2, 0) is 6.54 Å². The summed E-state index contributed by atoms with van der Waals surface area (Å²) in [5, 5.41) is 4.16. The number of rotatable bonds is 5. The van der Waals surface area contributed by atoms with Crippen LogP contribution in [0.2, 0.25) is 0 Å². The second-order valence-electron chi connectivity index (χ2n) is 5.30. The molecule has 0 aliphatic rings. The molecule has 3 nitrogen and oxygen atoms in total. The molecule has 0 fully saturated rings. The van der Waals surface area contributed by atoms with Gasteiger partial charge >= 0.3 is 0 Å². The van der Waals surface area contributed by atoms with E-state index < -0.39 is 0 Å². The molecule has 0 radical (unpaired) electrons. The van der Waals surface area contributed by atoms with Crippen LogP contribution in [0, 0.1) is 13.8 Å². The molecule has 0 aliphatic heterocycles. The number of benzene rings is 1. The first-order chi connectivity index (χ1) is 9.60. The fourth-order valence-electron chi connectivity index (χ4n) is 2.68. The van der Waals surface area contributed by atoms with E-state index in [-0.39, 0.29) is 5.91 Å². The second kappa shape index (κ2) is 6.12. The first kappa shape index (κ1) is 14.6. The van der Waals surface area contributed by atoms with Gasteiger partial charge < -0.3 is 9.88 Å². The van der Waals surface area contributed by atoms with Crippen molar-refractivity contribution in [3.63, 3.8) is 0 Å². The molecule has 3 heteroatoms. The lowest BCUT2D eigenvalue weighted by Crippen LogP contribution is -2.24. The third-order valence-corrected chi connectivity index (χ3v) is 4.03. The van der Waals surface area contributed by atoms with E-state index in [1.807, 2.05) is 12.1 Å². The average Bonchev–Trinajstić information content (AvgIpc) is 2.70. The number of nitrogens with one attached hydrogen (secondary N) is 1. The zero-order valence-corrected chi connectivity index (χ0v) is 12.9. The fraction of sp³-hybridized carbons (Fsp3) is 0.471. The summed E-state index contributed by atoms with van der Waals surface area (Å²) in [6, 6.07) is 6.01. The Balaban J connectivity index is 2.34. The summed E-state index contributed by atoms with van der Waals surface area (Å²) in [7, 11) is 0. The third kappa shape index (κ3) is 2.58. The van der Waals surface area contributed by atoms with Crippen molar-refractivity contribution in [2.75, 3.05) is 6.54 Å². The van der Waals surface area contributed by atoms with Gasteiger partial charge in [0, 0.05) is 35.2 Å². The van der Waals surface area contributed by atoms with Gasteiger partial charge in [0.2, 0.25) is 0 Å². The normalized spacial score (nSPS) is 11.0. The standard InChI is InChI=1S/C17H24N2O/c1-5-7-10-18-17(20)14-8-9-16-15(11-14)12(3)13(4)19(16)6-2/h8-9,11H,5-7,10H2,1-4H3,(H,18,20). The van der Waals surface area contributed by atoms with Crippen LogP contribution in [0.1, 0.15) is 48.3 Å². The van der Waals surface area contributed by atoms with E-state index >= 15 is 0 Å². The Kier molecular flexibility index (Phi) is 4.48. The fourth-order valence-corrected chi connectivity index (χ4v) is 2.68. The SMILES string of the molecule is CCCCNC(=O)c1ccc2c(c1)c(C)c(C)n2CC. The van der Waals surface area contributed by atoms with Gasteiger partial charge in [0.05, 0.1) is 0 Å². The molecule has 0 bridgehead atoms. The number of aromatic nitrogens is 1. The summed E-state index contributed by atoms with van der Waals surface area (Å²) < 4.78 is 2.30. The number of hydrogen-bond donors (Lipinski definition) is 1. The smallest absolute Gasteiger partial charge is 0.251 e. The van der Waals surface area contributed by atoms with Crippen molar-refractivity contribution in [1.29, 1.82) is 0 Å². The topological polar surface area (TPSA) is 34.0 Å². The second-order valence-corrected chi connectivity index (χ2v) is 5.30. The number of carbonyl (C=O) groups excluding carboxylic acids is 1. The van der Waals surface area contributed by atoms with Crippen LogP contribution in [0.3, 0.4) is 0 Å². The Morgan fingerprint density at radius 1 is 1.25 bits per heavy atom. The van der Waals surface area contributed by atoms with Crippen LogP contribution >= 0.6 is 0 Å². The third-order valence-electron chi connectivity index (χ3n) is 4.03. The number of aryl methyl sites for hydroxylation is 2. The first-order valence-electron chi connectivity index (χ1n) is 7.47. The Hall–Kier alpha value is -1.77. The van der Waals surface area contributed by atoms with E-state index in [0.717, 1.165) is 31.5 Å². The number of hydrogen-bond acceptors (Lipinski definition) is 1. The molecule has 1 heterocycles. The molecule has 1 N–H and O–H groups in total. The van der Waals surface area contributed by atoms with Gasteiger partial charge in [-0.3, -0.25) is 4.79 Å². The van der Waals surface area contributed by atoms with Gasteiger partial charge in [-0.15, -0.1) is 0 Å². The summed E-state index contributed by atoms with van der Waals surface area (Å²) in [6.07, 6.45) is 2.12. The lowest BCUT2D eigenvalue weighted by atomic mass is 10.1. The molecule has 1 aromatic carbocycles. The first-order valence-corrected chi connectivity index (χ1v) is 7.47. The highest BCUT2D eigenvalue weighted by Crippen LogP contribution is 2.26. The lowest BCUT2D eigenvalue weighted by Gasteiger charge is -2.06. The van der Waals surface area contributed by atoms with Crippen LogP contribution in [0.4, 0.5) is 0 Å². The van der Waals surface area contributed by atoms with Crippen LogP contribution in [0.25, 0.3) is 10.9 Å². The molecule has 0 saturated heterocycles. The summed E-state index contributed by atoms with van der Waals surface area (Å²) in [4.78, 5) is 12.1.